The zero-order chi connectivity index (χ0) is 19.2. The van der Waals surface area contributed by atoms with Crippen molar-refractivity contribution in [2.75, 3.05) is 44.3 Å². The van der Waals surface area contributed by atoms with Gasteiger partial charge in [-0.25, -0.2) is 9.98 Å². The molecule has 1 aromatic heterocycles. The summed E-state index contributed by atoms with van der Waals surface area (Å²) in [6.45, 7) is 8.80. The summed E-state index contributed by atoms with van der Waals surface area (Å²) in [7, 11) is 0. The minimum atomic E-state index is 0.626. The SMILES string of the molecule is CCNC(=NCc1cccnc1N1CCOCC1)N1CCc2ccccc2C1. The number of fused-ring (bicyclic) bond motifs is 1. The zero-order valence-corrected chi connectivity index (χ0v) is 16.6. The Labute approximate surface area is 167 Å². The van der Waals surface area contributed by atoms with Gasteiger partial charge in [-0.1, -0.05) is 30.3 Å². The van der Waals surface area contributed by atoms with Crippen molar-refractivity contribution in [2.24, 2.45) is 4.99 Å². The molecule has 0 spiro atoms. The highest BCUT2D eigenvalue weighted by Crippen LogP contribution is 2.21. The highest BCUT2D eigenvalue weighted by molar-refractivity contribution is 5.80. The monoisotopic (exact) mass is 379 g/mol. The quantitative estimate of drug-likeness (QED) is 0.653. The Balaban J connectivity index is 1.52. The van der Waals surface area contributed by atoms with Crippen LogP contribution in [0.3, 0.4) is 0 Å². The predicted octanol–water partition coefficient (Wildman–Crippen LogP) is 2.44. The van der Waals surface area contributed by atoms with Crippen molar-refractivity contribution >= 4 is 11.8 Å². The zero-order valence-electron chi connectivity index (χ0n) is 16.6. The van der Waals surface area contributed by atoms with Crippen LogP contribution < -0.4 is 10.2 Å². The average Bonchev–Trinajstić information content (AvgIpc) is 2.77. The van der Waals surface area contributed by atoms with Gasteiger partial charge in [-0.2, -0.15) is 0 Å². The molecular weight excluding hydrogens is 350 g/mol. The number of morpholine rings is 1. The van der Waals surface area contributed by atoms with E-state index >= 15 is 0 Å². The van der Waals surface area contributed by atoms with Gasteiger partial charge in [0.15, 0.2) is 5.96 Å². The second kappa shape index (κ2) is 9.06. The number of aromatic nitrogens is 1. The second-order valence-corrected chi connectivity index (χ2v) is 7.20. The minimum Gasteiger partial charge on any atom is -0.378 e. The van der Waals surface area contributed by atoms with Crippen LogP contribution in [0.25, 0.3) is 0 Å². The summed E-state index contributed by atoms with van der Waals surface area (Å²) in [6, 6.07) is 12.8. The Hall–Kier alpha value is -2.60. The summed E-state index contributed by atoms with van der Waals surface area (Å²) in [5.41, 5.74) is 4.02. The van der Waals surface area contributed by atoms with Gasteiger partial charge in [0, 0.05) is 44.5 Å². The van der Waals surface area contributed by atoms with Crippen LogP contribution in [-0.4, -0.2) is 55.2 Å². The van der Waals surface area contributed by atoms with Crippen LogP contribution in [0.1, 0.15) is 23.6 Å². The highest BCUT2D eigenvalue weighted by atomic mass is 16.5. The summed E-state index contributed by atoms with van der Waals surface area (Å²) in [4.78, 5) is 14.3. The fraction of sp³-hybridized carbons (Fsp3) is 0.455. The number of nitrogens with one attached hydrogen (secondary N) is 1. The summed E-state index contributed by atoms with van der Waals surface area (Å²) in [6.07, 6.45) is 2.93. The van der Waals surface area contributed by atoms with E-state index in [1.807, 2.05) is 12.3 Å². The summed E-state index contributed by atoms with van der Waals surface area (Å²) in [5.74, 6) is 2.02. The number of rotatable bonds is 4. The molecule has 0 atom stereocenters. The molecule has 1 fully saturated rings. The lowest BCUT2D eigenvalue weighted by atomic mass is 10.0. The van der Waals surface area contributed by atoms with E-state index < -0.39 is 0 Å². The summed E-state index contributed by atoms with van der Waals surface area (Å²) < 4.78 is 5.49. The van der Waals surface area contributed by atoms with Crippen LogP contribution in [0.4, 0.5) is 5.82 Å². The molecule has 0 aliphatic carbocycles. The molecule has 0 saturated carbocycles. The fourth-order valence-corrected chi connectivity index (χ4v) is 3.88. The maximum absolute atomic E-state index is 5.49. The van der Waals surface area contributed by atoms with Crippen LogP contribution in [0, 0.1) is 0 Å². The van der Waals surface area contributed by atoms with Crippen molar-refractivity contribution in [3.8, 4) is 0 Å². The first-order chi connectivity index (χ1) is 13.8. The molecule has 2 aliphatic rings. The molecule has 2 aromatic rings. The molecule has 3 heterocycles. The number of hydrogen-bond donors (Lipinski definition) is 1. The van der Waals surface area contributed by atoms with Crippen LogP contribution in [0.5, 0.6) is 0 Å². The molecule has 2 aliphatic heterocycles. The molecule has 4 rings (SSSR count). The number of aliphatic imine (C=N–C) groups is 1. The van der Waals surface area contributed by atoms with Gasteiger partial charge in [-0.15, -0.1) is 0 Å². The number of pyridine rings is 1. The van der Waals surface area contributed by atoms with E-state index in [0.29, 0.717) is 6.54 Å². The Morgan fingerprint density at radius 1 is 1.11 bits per heavy atom. The first kappa shape index (κ1) is 18.7. The summed E-state index contributed by atoms with van der Waals surface area (Å²) >= 11 is 0. The van der Waals surface area contributed by atoms with E-state index in [4.69, 9.17) is 9.73 Å². The molecule has 28 heavy (non-hydrogen) atoms. The van der Waals surface area contributed by atoms with Crippen molar-refractivity contribution in [1.82, 2.24) is 15.2 Å². The molecular formula is C22H29N5O. The van der Waals surface area contributed by atoms with E-state index in [2.05, 4.69) is 57.4 Å². The molecule has 148 valence electrons. The third kappa shape index (κ3) is 4.28. The van der Waals surface area contributed by atoms with Gasteiger partial charge in [0.1, 0.15) is 5.82 Å². The Bertz CT molecular complexity index is 816. The van der Waals surface area contributed by atoms with Gasteiger partial charge in [-0.05, 0) is 30.5 Å². The van der Waals surface area contributed by atoms with Crippen molar-refractivity contribution in [3.05, 3.63) is 59.3 Å². The molecule has 0 radical (unpaired) electrons. The first-order valence-electron chi connectivity index (χ1n) is 10.2. The van der Waals surface area contributed by atoms with E-state index in [0.717, 1.165) is 69.7 Å². The molecule has 6 heteroatoms. The Morgan fingerprint density at radius 2 is 1.93 bits per heavy atom. The smallest absolute Gasteiger partial charge is 0.194 e. The van der Waals surface area contributed by atoms with Gasteiger partial charge in [0.2, 0.25) is 0 Å². The largest absolute Gasteiger partial charge is 0.378 e. The molecule has 0 amide bonds. The average molecular weight is 380 g/mol. The van der Waals surface area contributed by atoms with Gasteiger partial charge in [0.25, 0.3) is 0 Å². The molecule has 1 saturated heterocycles. The van der Waals surface area contributed by atoms with Crippen LogP contribution >= 0.6 is 0 Å². The highest BCUT2D eigenvalue weighted by Gasteiger charge is 2.19. The van der Waals surface area contributed by atoms with E-state index in [-0.39, 0.29) is 0 Å². The van der Waals surface area contributed by atoms with E-state index in [9.17, 15) is 0 Å². The molecule has 1 aromatic carbocycles. The Kier molecular flexibility index (Phi) is 6.07. The minimum absolute atomic E-state index is 0.626. The molecule has 0 unspecified atom stereocenters. The first-order valence-corrected chi connectivity index (χ1v) is 10.2. The lowest BCUT2D eigenvalue weighted by Crippen LogP contribution is -2.44. The number of benzene rings is 1. The van der Waals surface area contributed by atoms with Gasteiger partial charge < -0.3 is 19.9 Å². The van der Waals surface area contributed by atoms with Gasteiger partial charge in [-0.3, -0.25) is 0 Å². The predicted molar refractivity (Wildman–Crippen MR) is 113 cm³/mol. The number of guanidine groups is 1. The third-order valence-electron chi connectivity index (χ3n) is 5.34. The molecule has 1 N–H and O–H groups in total. The second-order valence-electron chi connectivity index (χ2n) is 7.20. The maximum atomic E-state index is 5.49. The van der Waals surface area contributed by atoms with Crippen LogP contribution in [0.2, 0.25) is 0 Å². The molecule has 6 nitrogen and oxygen atoms in total. The number of hydrogen-bond acceptors (Lipinski definition) is 4. The lowest BCUT2D eigenvalue weighted by Gasteiger charge is -2.32. The fourth-order valence-electron chi connectivity index (χ4n) is 3.88. The standard InChI is InChI=1S/C22H29N5O/c1-2-23-22(27-11-9-18-6-3-4-7-20(18)17-27)25-16-19-8-5-10-24-21(19)26-12-14-28-15-13-26/h3-8,10H,2,9,11-17H2,1H3,(H,23,25). The van der Waals surface area contributed by atoms with Crippen molar-refractivity contribution < 1.29 is 4.74 Å². The third-order valence-corrected chi connectivity index (χ3v) is 5.34. The topological polar surface area (TPSA) is 53.0 Å². The van der Waals surface area contributed by atoms with Crippen molar-refractivity contribution in [2.45, 2.75) is 26.4 Å². The molecule has 0 bridgehead atoms. The number of ether oxygens (including phenoxy) is 1. The van der Waals surface area contributed by atoms with Crippen LogP contribution in [0.15, 0.2) is 47.6 Å². The Morgan fingerprint density at radius 3 is 2.75 bits per heavy atom. The van der Waals surface area contributed by atoms with E-state index in [1.165, 1.54) is 11.1 Å². The lowest BCUT2D eigenvalue weighted by molar-refractivity contribution is 0.122. The normalized spacial score (nSPS) is 17.4. The van der Waals surface area contributed by atoms with Crippen molar-refractivity contribution in [1.29, 1.82) is 0 Å². The van der Waals surface area contributed by atoms with Gasteiger partial charge >= 0.3 is 0 Å². The van der Waals surface area contributed by atoms with E-state index in [1.54, 1.807) is 0 Å². The number of anilines is 1. The summed E-state index contributed by atoms with van der Waals surface area (Å²) in [5, 5.41) is 3.47. The number of nitrogens with zero attached hydrogens (tertiary/aromatic N) is 4. The van der Waals surface area contributed by atoms with Gasteiger partial charge in [0.05, 0.1) is 19.8 Å². The van der Waals surface area contributed by atoms with Crippen molar-refractivity contribution in [3.63, 3.8) is 0 Å². The van der Waals surface area contributed by atoms with Crippen LogP contribution in [-0.2, 0) is 24.2 Å². The maximum Gasteiger partial charge on any atom is 0.194 e.